The van der Waals surface area contributed by atoms with Gasteiger partial charge < -0.3 is 15.2 Å². The quantitative estimate of drug-likeness (QED) is 0.516. The molecule has 2 atom stereocenters. The van der Waals surface area contributed by atoms with E-state index in [9.17, 15) is 5.11 Å². The molecule has 2 aromatic carbocycles. The number of benzene rings is 2. The second-order valence-corrected chi connectivity index (χ2v) is 5.42. The zero-order valence-corrected chi connectivity index (χ0v) is 13.0. The molecule has 0 amide bonds. The molecule has 0 fully saturated rings. The molecule has 22 heavy (non-hydrogen) atoms. The Morgan fingerprint density at radius 3 is 2.50 bits per heavy atom. The Bertz CT molecular complexity index is 566. The fourth-order valence-corrected chi connectivity index (χ4v) is 2.24. The van der Waals surface area contributed by atoms with E-state index in [-0.39, 0.29) is 0 Å². The minimum absolute atomic E-state index is 0.547. The highest BCUT2D eigenvalue weighted by atomic mass is 35.5. The third-order valence-corrected chi connectivity index (χ3v) is 3.59. The highest BCUT2D eigenvalue weighted by molar-refractivity contribution is 6.33. The minimum atomic E-state index is -0.734. The number of nitrogens with one attached hydrogen (secondary N) is 1. The molecule has 0 aliphatic rings. The lowest BCUT2D eigenvalue weighted by Gasteiger charge is -2.20. The molecule has 118 valence electrons. The van der Waals surface area contributed by atoms with E-state index in [1.54, 1.807) is 0 Å². The van der Waals surface area contributed by atoms with Crippen LogP contribution in [0, 0.1) is 0 Å². The van der Waals surface area contributed by atoms with Gasteiger partial charge in [-0.2, -0.15) is 0 Å². The predicted molar refractivity (Wildman–Crippen MR) is 90.2 cm³/mol. The van der Waals surface area contributed by atoms with E-state index in [0.29, 0.717) is 23.7 Å². The number of aliphatic hydroxyl groups excluding tert-OH is 1. The molecule has 0 aliphatic heterocycles. The van der Waals surface area contributed by atoms with Crippen LogP contribution in [0.1, 0.15) is 12.8 Å². The topological polar surface area (TPSA) is 67.5 Å². The van der Waals surface area contributed by atoms with E-state index >= 15 is 0 Å². The van der Waals surface area contributed by atoms with Crippen LogP contribution in [0.2, 0.25) is 5.02 Å². The van der Waals surface area contributed by atoms with Crippen molar-refractivity contribution in [2.24, 2.45) is 5.73 Å². The lowest BCUT2D eigenvalue weighted by molar-refractivity contribution is 0.0340. The number of halogens is 1. The van der Waals surface area contributed by atoms with Gasteiger partial charge >= 0.3 is 0 Å². The Hall–Kier alpha value is -1.75. The normalized spacial score (nSPS) is 13.4. The second kappa shape index (κ2) is 8.63. The molecule has 0 saturated heterocycles. The van der Waals surface area contributed by atoms with Gasteiger partial charge in [0.15, 0.2) is 6.23 Å². The predicted octanol–water partition coefficient (Wildman–Crippen LogP) is 3.26. The molecule has 0 radical (unpaired) electrons. The van der Waals surface area contributed by atoms with Crippen molar-refractivity contribution < 1.29 is 9.84 Å². The summed E-state index contributed by atoms with van der Waals surface area (Å²) in [6.45, 7) is 0.707. The van der Waals surface area contributed by atoms with Gasteiger partial charge in [-0.15, -0.1) is 0 Å². The van der Waals surface area contributed by atoms with Crippen molar-refractivity contribution in [3.63, 3.8) is 0 Å². The van der Waals surface area contributed by atoms with E-state index < -0.39 is 12.3 Å². The summed E-state index contributed by atoms with van der Waals surface area (Å²) in [5.41, 5.74) is 6.75. The van der Waals surface area contributed by atoms with Crippen LogP contribution in [0.3, 0.4) is 0 Å². The molecule has 2 unspecified atom stereocenters. The van der Waals surface area contributed by atoms with Crippen LogP contribution in [-0.4, -0.2) is 24.0 Å². The first-order valence-electron chi connectivity index (χ1n) is 7.30. The Morgan fingerprint density at radius 2 is 1.77 bits per heavy atom. The van der Waals surface area contributed by atoms with Crippen LogP contribution in [0.15, 0.2) is 54.6 Å². The van der Waals surface area contributed by atoms with Gasteiger partial charge in [0, 0.05) is 6.54 Å². The summed E-state index contributed by atoms with van der Waals surface area (Å²) in [4.78, 5) is 0. The molecule has 0 bridgehead atoms. The van der Waals surface area contributed by atoms with Crippen LogP contribution in [0.25, 0.3) is 0 Å². The number of hydrogen-bond acceptors (Lipinski definition) is 4. The molecule has 0 aromatic heterocycles. The first-order chi connectivity index (χ1) is 10.7. The number of aliphatic hydroxyl groups is 1. The monoisotopic (exact) mass is 320 g/mol. The maximum absolute atomic E-state index is 10.0. The van der Waals surface area contributed by atoms with Crippen LogP contribution in [-0.2, 0) is 0 Å². The summed E-state index contributed by atoms with van der Waals surface area (Å²) in [5, 5.41) is 13.9. The third-order valence-electron chi connectivity index (χ3n) is 3.26. The Morgan fingerprint density at radius 1 is 1.09 bits per heavy atom. The van der Waals surface area contributed by atoms with Crippen LogP contribution in [0.4, 0.5) is 5.69 Å². The highest BCUT2D eigenvalue weighted by Gasteiger charge is 2.15. The van der Waals surface area contributed by atoms with Crippen molar-refractivity contribution >= 4 is 17.3 Å². The van der Waals surface area contributed by atoms with Gasteiger partial charge in [0.25, 0.3) is 0 Å². The van der Waals surface area contributed by atoms with Gasteiger partial charge in [0.2, 0.25) is 0 Å². The summed E-state index contributed by atoms with van der Waals surface area (Å²) in [6, 6.07) is 16.8. The molecule has 5 heteroatoms. The van der Waals surface area contributed by atoms with E-state index in [1.165, 1.54) is 0 Å². The van der Waals surface area contributed by atoms with Gasteiger partial charge in [0.1, 0.15) is 11.9 Å². The van der Waals surface area contributed by atoms with Gasteiger partial charge in [-0.25, -0.2) is 0 Å². The van der Waals surface area contributed by atoms with Crippen LogP contribution in [0.5, 0.6) is 5.75 Å². The molecule has 0 saturated carbocycles. The van der Waals surface area contributed by atoms with E-state index in [0.717, 1.165) is 12.1 Å². The minimum Gasteiger partial charge on any atom is -0.473 e. The highest BCUT2D eigenvalue weighted by Crippen LogP contribution is 2.20. The zero-order chi connectivity index (χ0) is 15.8. The summed E-state index contributed by atoms with van der Waals surface area (Å²) < 4.78 is 5.50. The third kappa shape index (κ3) is 5.22. The summed E-state index contributed by atoms with van der Waals surface area (Å²) in [7, 11) is 0. The molecule has 4 N–H and O–H groups in total. The molecule has 2 rings (SSSR count). The Kier molecular flexibility index (Phi) is 6.52. The molecule has 2 aromatic rings. The summed E-state index contributed by atoms with van der Waals surface area (Å²) >= 11 is 6.05. The van der Waals surface area contributed by atoms with Crippen LogP contribution < -0.4 is 15.8 Å². The number of ether oxygens (including phenoxy) is 1. The largest absolute Gasteiger partial charge is 0.473 e. The molecule has 0 aliphatic carbocycles. The van der Waals surface area contributed by atoms with Crippen molar-refractivity contribution in [3.8, 4) is 5.75 Å². The first-order valence-corrected chi connectivity index (χ1v) is 7.68. The second-order valence-electron chi connectivity index (χ2n) is 5.01. The number of para-hydroxylation sites is 2. The van der Waals surface area contributed by atoms with Crippen LogP contribution >= 0.6 is 11.6 Å². The van der Waals surface area contributed by atoms with Gasteiger partial charge in [-0.05, 0) is 37.1 Å². The van der Waals surface area contributed by atoms with Crippen molar-refractivity contribution in [1.29, 1.82) is 0 Å². The van der Waals surface area contributed by atoms with Gasteiger partial charge in [0.05, 0.1) is 10.7 Å². The number of anilines is 1. The molecular formula is C17H21ClN2O2. The average Bonchev–Trinajstić information content (AvgIpc) is 2.53. The maximum Gasteiger partial charge on any atom is 0.173 e. The number of hydrogen-bond donors (Lipinski definition) is 3. The SMILES string of the molecule is NC(Oc1ccccc1)C(O)CCCNc1ccccc1Cl. The molecule has 0 heterocycles. The van der Waals surface area contributed by atoms with E-state index in [1.807, 2.05) is 54.6 Å². The number of nitrogens with two attached hydrogens (primary N) is 1. The first kappa shape index (κ1) is 16.6. The van der Waals surface area contributed by atoms with Gasteiger partial charge in [-0.1, -0.05) is 41.9 Å². The molecule has 4 nitrogen and oxygen atoms in total. The van der Waals surface area contributed by atoms with Crippen molar-refractivity contribution in [2.45, 2.75) is 25.2 Å². The summed E-state index contributed by atoms with van der Waals surface area (Å²) in [6.07, 6.45) is -0.139. The Labute approximate surface area is 135 Å². The fraction of sp³-hybridized carbons (Fsp3) is 0.294. The van der Waals surface area contributed by atoms with Crippen molar-refractivity contribution in [1.82, 2.24) is 0 Å². The zero-order valence-electron chi connectivity index (χ0n) is 12.3. The lowest BCUT2D eigenvalue weighted by Crippen LogP contribution is -2.40. The molecule has 0 spiro atoms. The standard InChI is InChI=1S/C17H21ClN2O2/c18-14-9-4-5-10-15(14)20-12-6-11-16(21)17(19)22-13-7-2-1-3-8-13/h1-5,7-10,16-17,20-21H,6,11-12,19H2. The average molecular weight is 321 g/mol. The van der Waals surface area contributed by atoms with Crippen molar-refractivity contribution in [2.75, 3.05) is 11.9 Å². The fourth-order valence-electron chi connectivity index (χ4n) is 2.04. The van der Waals surface area contributed by atoms with E-state index in [2.05, 4.69) is 5.32 Å². The smallest absolute Gasteiger partial charge is 0.173 e. The summed E-state index contributed by atoms with van der Waals surface area (Å²) in [5.74, 6) is 0.656. The maximum atomic E-state index is 10.0. The number of rotatable bonds is 8. The van der Waals surface area contributed by atoms with Gasteiger partial charge in [-0.3, -0.25) is 5.73 Å². The molecular weight excluding hydrogens is 300 g/mol. The Balaban J connectivity index is 1.69. The van der Waals surface area contributed by atoms with E-state index in [4.69, 9.17) is 22.1 Å². The lowest BCUT2D eigenvalue weighted by atomic mass is 10.1. The van der Waals surface area contributed by atoms with Crippen molar-refractivity contribution in [3.05, 3.63) is 59.6 Å².